The van der Waals surface area contributed by atoms with Crippen molar-refractivity contribution in [1.29, 1.82) is 10.8 Å². The summed E-state index contributed by atoms with van der Waals surface area (Å²) in [6.45, 7) is 15.8. The lowest BCUT2D eigenvalue weighted by atomic mass is 9.97. The van der Waals surface area contributed by atoms with Gasteiger partial charge in [-0.3, -0.25) is 15.7 Å². The number of likely N-dealkylation sites (N-methyl/N-ethyl adjacent to an activating group) is 1. The van der Waals surface area contributed by atoms with Crippen molar-refractivity contribution in [1.82, 2.24) is 14.8 Å². The second-order valence-corrected chi connectivity index (χ2v) is 10.6. The summed E-state index contributed by atoms with van der Waals surface area (Å²) < 4.78 is 0. The topological polar surface area (TPSA) is 67.1 Å². The monoisotopic (exact) mass is 433 g/mol. The van der Waals surface area contributed by atoms with E-state index in [1.807, 2.05) is 16.2 Å². The molecule has 2 atom stereocenters. The standard InChI is InChI=1S/C24H43N5S/c1-7-28(19(5)24(26)29-15-10-8-9-14-21(29)25)16-22-27-23(20(6)30-22)18(4)13-11-12-17(2)3/h17-19,25-26H,7-16H2,1-6H3. The summed E-state index contributed by atoms with van der Waals surface area (Å²) in [4.78, 5) is 10.6. The fourth-order valence-corrected chi connectivity index (χ4v) is 5.41. The number of aromatic nitrogens is 1. The molecular weight excluding hydrogens is 390 g/mol. The molecule has 1 saturated heterocycles. The van der Waals surface area contributed by atoms with Gasteiger partial charge in [0.1, 0.15) is 16.7 Å². The number of likely N-dealkylation sites (tertiary alicyclic amines) is 1. The van der Waals surface area contributed by atoms with E-state index in [2.05, 4.69) is 46.4 Å². The van der Waals surface area contributed by atoms with Gasteiger partial charge in [0.25, 0.3) is 0 Å². The summed E-state index contributed by atoms with van der Waals surface area (Å²) in [7, 11) is 0. The lowest BCUT2D eigenvalue weighted by Crippen LogP contribution is -2.48. The molecule has 1 aliphatic rings. The molecule has 0 radical (unpaired) electrons. The summed E-state index contributed by atoms with van der Waals surface area (Å²) in [5.74, 6) is 2.46. The van der Waals surface area contributed by atoms with Crippen molar-refractivity contribution in [2.45, 2.75) is 105 Å². The van der Waals surface area contributed by atoms with Gasteiger partial charge in [-0.05, 0) is 51.5 Å². The third kappa shape index (κ3) is 6.88. The first-order valence-corrected chi connectivity index (χ1v) is 12.7. The molecule has 5 nitrogen and oxygen atoms in total. The number of amidine groups is 2. The maximum absolute atomic E-state index is 8.77. The van der Waals surface area contributed by atoms with Crippen LogP contribution in [0, 0.1) is 23.7 Å². The van der Waals surface area contributed by atoms with E-state index < -0.39 is 0 Å². The number of hydrogen-bond donors (Lipinski definition) is 2. The lowest BCUT2D eigenvalue weighted by Gasteiger charge is -2.33. The van der Waals surface area contributed by atoms with Gasteiger partial charge in [-0.15, -0.1) is 11.3 Å². The van der Waals surface area contributed by atoms with Crippen LogP contribution >= 0.6 is 11.3 Å². The highest BCUT2D eigenvalue weighted by Crippen LogP contribution is 2.29. The maximum Gasteiger partial charge on any atom is 0.119 e. The lowest BCUT2D eigenvalue weighted by molar-refractivity contribution is 0.247. The highest BCUT2D eigenvalue weighted by atomic mass is 32.1. The van der Waals surface area contributed by atoms with Gasteiger partial charge < -0.3 is 4.90 Å². The number of rotatable bonds is 10. The van der Waals surface area contributed by atoms with Gasteiger partial charge in [-0.2, -0.15) is 0 Å². The zero-order chi connectivity index (χ0) is 22.3. The van der Waals surface area contributed by atoms with Crippen LogP contribution in [-0.2, 0) is 6.54 Å². The fourth-order valence-electron chi connectivity index (χ4n) is 4.33. The van der Waals surface area contributed by atoms with E-state index in [-0.39, 0.29) is 6.04 Å². The van der Waals surface area contributed by atoms with Crippen LogP contribution in [0.25, 0.3) is 0 Å². The highest BCUT2D eigenvalue weighted by Gasteiger charge is 2.26. The Labute approximate surface area is 188 Å². The predicted octanol–water partition coefficient (Wildman–Crippen LogP) is 6.42. The van der Waals surface area contributed by atoms with Crippen LogP contribution < -0.4 is 0 Å². The molecule has 1 aromatic heterocycles. The normalized spacial score (nSPS) is 17.5. The Hall–Kier alpha value is -1.27. The fraction of sp³-hybridized carbons (Fsp3) is 0.792. The molecule has 2 N–H and O–H groups in total. The summed E-state index contributed by atoms with van der Waals surface area (Å²) in [5.41, 5.74) is 1.27. The zero-order valence-corrected chi connectivity index (χ0v) is 20.9. The minimum Gasteiger partial charge on any atom is -0.318 e. The number of nitrogens with zero attached hydrogens (tertiary/aromatic N) is 3. The van der Waals surface area contributed by atoms with E-state index in [1.165, 1.54) is 29.8 Å². The molecule has 6 heteroatoms. The Bertz CT molecular complexity index is 696. The van der Waals surface area contributed by atoms with Crippen LogP contribution in [0.5, 0.6) is 0 Å². The van der Waals surface area contributed by atoms with E-state index in [1.54, 1.807) is 0 Å². The molecule has 0 amide bonds. The largest absolute Gasteiger partial charge is 0.318 e. The first-order chi connectivity index (χ1) is 14.2. The third-order valence-corrected chi connectivity index (χ3v) is 7.33. The molecule has 0 bridgehead atoms. The third-order valence-electron chi connectivity index (χ3n) is 6.36. The molecule has 1 aromatic rings. The zero-order valence-electron chi connectivity index (χ0n) is 20.1. The molecule has 0 spiro atoms. The number of hydrogen-bond acceptors (Lipinski definition) is 5. The summed E-state index contributed by atoms with van der Waals surface area (Å²) in [6.07, 6.45) is 7.87. The van der Waals surface area contributed by atoms with E-state index >= 15 is 0 Å². The van der Waals surface area contributed by atoms with E-state index in [4.69, 9.17) is 15.8 Å². The average Bonchev–Trinajstić information content (AvgIpc) is 2.93. The van der Waals surface area contributed by atoms with Crippen LogP contribution in [0.3, 0.4) is 0 Å². The van der Waals surface area contributed by atoms with Gasteiger partial charge in [0.2, 0.25) is 0 Å². The van der Waals surface area contributed by atoms with E-state index in [0.717, 1.165) is 56.2 Å². The van der Waals surface area contributed by atoms with E-state index in [0.29, 0.717) is 17.6 Å². The molecule has 2 rings (SSSR count). The van der Waals surface area contributed by atoms with Gasteiger partial charge in [-0.1, -0.05) is 47.0 Å². The average molecular weight is 434 g/mol. The Morgan fingerprint density at radius 3 is 2.57 bits per heavy atom. The first-order valence-electron chi connectivity index (χ1n) is 11.9. The summed E-state index contributed by atoms with van der Waals surface area (Å²) in [6, 6.07) is -0.00966. The van der Waals surface area contributed by atoms with Crippen LogP contribution in [0.15, 0.2) is 0 Å². The molecule has 0 aromatic carbocycles. The Morgan fingerprint density at radius 1 is 1.17 bits per heavy atom. The highest BCUT2D eigenvalue weighted by molar-refractivity contribution is 7.11. The molecule has 2 heterocycles. The Morgan fingerprint density at radius 2 is 1.90 bits per heavy atom. The van der Waals surface area contributed by atoms with Gasteiger partial charge in [0.05, 0.1) is 18.3 Å². The van der Waals surface area contributed by atoms with Crippen molar-refractivity contribution in [3.05, 3.63) is 15.6 Å². The van der Waals surface area contributed by atoms with Crippen LogP contribution in [-0.4, -0.2) is 45.6 Å². The van der Waals surface area contributed by atoms with Crippen molar-refractivity contribution >= 4 is 23.0 Å². The van der Waals surface area contributed by atoms with Gasteiger partial charge in [0.15, 0.2) is 0 Å². The smallest absolute Gasteiger partial charge is 0.119 e. The van der Waals surface area contributed by atoms with Crippen LogP contribution in [0.4, 0.5) is 0 Å². The molecule has 170 valence electrons. The van der Waals surface area contributed by atoms with Crippen molar-refractivity contribution in [3.8, 4) is 0 Å². The SMILES string of the molecule is CCN(Cc1nc(C(C)CCCC(C)C)c(C)s1)C(C)C(=N)N1CCCCCC1=N. The molecule has 0 saturated carbocycles. The Balaban J connectivity index is 2.02. The minimum absolute atomic E-state index is 0.00966. The van der Waals surface area contributed by atoms with Crippen LogP contribution in [0.2, 0.25) is 0 Å². The number of thiazole rings is 1. The van der Waals surface area contributed by atoms with Crippen LogP contribution in [0.1, 0.15) is 101 Å². The quantitative estimate of drug-likeness (QED) is 0.330. The van der Waals surface area contributed by atoms with Crippen molar-refractivity contribution < 1.29 is 0 Å². The molecule has 1 aliphatic heterocycles. The molecular formula is C24H43N5S. The molecule has 0 aliphatic carbocycles. The van der Waals surface area contributed by atoms with Gasteiger partial charge >= 0.3 is 0 Å². The van der Waals surface area contributed by atoms with Crippen molar-refractivity contribution in [3.63, 3.8) is 0 Å². The summed E-state index contributed by atoms with van der Waals surface area (Å²) >= 11 is 1.82. The number of nitrogens with one attached hydrogen (secondary N) is 2. The van der Waals surface area contributed by atoms with Crippen molar-refractivity contribution in [2.24, 2.45) is 5.92 Å². The molecule has 30 heavy (non-hydrogen) atoms. The van der Waals surface area contributed by atoms with Gasteiger partial charge in [-0.25, -0.2) is 4.98 Å². The summed E-state index contributed by atoms with van der Waals surface area (Å²) in [5, 5.41) is 18.3. The number of aryl methyl sites for hydroxylation is 1. The minimum atomic E-state index is -0.00966. The second-order valence-electron chi connectivity index (χ2n) is 9.31. The molecule has 2 unspecified atom stereocenters. The predicted molar refractivity (Wildman–Crippen MR) is 130 cm³/mol. The van der Waals surface area contributed by atoms with Gasteiger partial charge in [0, 0.05) is 17.8 Å². The second kappa shape index (κ2) is 11.9. The first kappa shape index (κ1) is 25.0. The Kier molecular flexibility index (Phi) is 9.95. The molecule has 1 fully saturated rings. The maximum atomic E-state index is 8.77. The van der Waals surface area contributed by atoms with Crippen molar-refractivity contribution in [2.75, 3.05) is 13.1 Å². The van der Waals surface area contributed by atoms with E-state index in [9.17, 15) is 0 Å².